The van der Waals surface area contributed by atoms with Gasteiger partial charge < -0.3 is 5.73 Å². The molecule has 0 bridgehead atoms. The molecule has 5 nitrogen and oxygen atoms in total. The molecular formula is C13H19N3O2S3. The predicted octanol–water partition coefficient (Wildman–Crippen LogP) is 1.03. The zero-order chi connectivity index (χ0) is 15.5. The molecule has 2 rings (SSSR count). The molecule has 1 fully saturated rings. The zero-order valence-electron chi connectivity index (χ0n) is 11.9. The maximum Gasteiger partial charge on any atom is 0.166 e. The molecule has 1 atom stereocenters. The highest BCUT2D eigenvalue weighted by Gasteiger charge is 2.32. The lowest BCUT2D eigenvalue weighted by molar-refractivity contribution is 0.261. The molecule has 0 aliphatic carbocycles. The molecule has 21 heavy (non-hydrogen) atoms. The van der Waals surface area contributed by atoms with Gasteiger partial charge in [0.2, 0.25) is 0 Å². The molecular weight excluding hydrogens is 326 g/mol. The van der Waals surface area contributed by atoms with E-state index in [4.69, 9.17) is 18.0 Å². The summed E-state index contributed by atoms with van der Waals surface area (Å²) in [5.41, 5.74) is 7.15. The molecule has 116 valence electrons. The number of hydrogen-bond donors (Lipinski definition) is 1. The van der Waals surface area contributed by atoms with Gasteiger partial charge >= 0.3 is 0 Å². The SMILES string of the molecule is CCS(=O)(=O)C1CSCCN1Cc1ccnc(C(N)=S)c1. The summed E-state index contributed by atoms with van der Waals surface area (Å²) in [6, 6.07) is 3.71. The van der Waals surface area contributed by atoms with Gasteiger partial charge in [0, 0.05) is 36.5 Å². The molecule has 0 aromatic carbocycles. The molecule has 1 aromatic rings. The minimum Gasteiger partial charge on any atom is -0.388 e. The van der Waals surface area contributed by atoms with Crippen LogP contribution in [0.1, 0.15) is 18.2 Å². The molecule has 0 saturated carbocycles. The van der Waals surface area contributed by atoms with Crippen molar-refractivity contribution in [2.24, 2.45) is 5.73 Å². The van der Waals surface area contributed by atoms with Crippen molar-refractivity contribution in [3.8, 4) is 0 Å². The van der Waals surface area contributed by atoms with E-state index in [1.54, 1.807) is 24.9 Å². The standard InChI is InChI=1S/C13H19N3O2S3/c1-2-21(17,18)12-9-20-6-5-16(12)8-10-3-4-15-11(7-10)13(14)19/h3-4,7,12H,2,5-6,8-9H2,1H3,(H2,14,19). The van der Waals surface area contributed by atoms with E-state index in [1.165, 1.54) is 0 Å². The Labute approximate surface area is 135 Å². The van der Waals surface area contributed by atoms with E-state index in [0.29, 0.717) is 18.0 Å². The van der Waals surface area contributed by atoms with E-state index in [2.05, 4.69) is 4.98 Å². The first kappa shape index (κ1) is 16.7. The van der Waals surface area contributed by atoms with Crippen LogP contribution in [0.15, 0.2) is 18.3 Å². The lowest BCUT2D eigenvalue weighted by Crippen LogP contribution is -2.47. The van der Waals surface area contributed by atoms with Gasteiger partial charge in [0.05, 0.1) is 5.69 Å². The van der Waals surface area contributed by atoms with Crippen LogP contribution in [0.4, 0.5) is 0 Å². The van der Waals surface area contributed by atoms with Crippen molar-refractivity contribution in [2.75, 3.05) is 23.8 Å². The summed E-state index contributed by atoms with van der Waals surface area (Å²) in [6.45, 7) is 3.03. The first-order valence-corrected chi connectivity index (χ1v) is 10.00. The molecule has 1 aliphatic heterocycles. The average Bonchev–Trinajstić information content (AvgIpc) is 2.48. The van der Waals surface area contributed by atoms with Gasteiger partial charge in [-0.2, -0.15) is 11.8 Å². The Hall–Kier alpha value is -0.700. The van der Waals surface area contributed by atoms with Crippen LogP contribution in [0.2, 0.25) is 0 Å². The summed E-state index contributed by atoms with van der Waals surface area (Å²) in [4.78, 5) is 6.38. The normalized spacial score (nSPS) is 20.3. The van der Waals surface area contributed by atoms with Gasteiger partial charge in [-0.05, 0) is 17.7 Å². The zero-order valence-corrected chi connectivity index (χ0v) is 14.3. The third-order valence-corrected chi connectivity index (χ3v) is 7.01. The number of pyridine rings is 1. The topological polar surface area (TPSA) is 76.3 Å². The Kier molecular flexibility index (Phi) is 5.59. The van der Waals surface area contributed by atoms with Gasteiger partial charge in [0.25, 0.3) is 0 Å². The summed E-state index contributed by atoms with van der Waals surface area (Å²) in [7, 11) is -3.08. The number of nitrogens with two attached hydrogens (primary N) is 1. The second-order valence-electron chi connectivity index (χ2n) is 4.87. The number of rotatable bonds is 5. The van der Waals surface area contributed by atoms with Crippen LogP contribution in [0.25, 0.3) is 0 Å². The van der Waals surface area contributed by atoms with E-state index < -0.39 is 15.2 Å². The molecule has 2 N–H and O–H groups in total. The van der Waals surface area contributed by atoms with Gasteiger partial charge in [0.15, 0.2) is 9.84 Å². The van der Waals surface area contributed by atoms with E-state index >= 15 is 0 Å². The summed E-state index contributed by atoms with van der Waals surface area (Å²) >= 11 is 6.62. The maximum atomic E-state index is 12.2. The van der Waals surface area contributed by atoms with Gasteiger partial charge in [-0.15, -0.1) is 0 Å². The second kappa shape index (κ2) is 7.04. The van der Waals surface area contributed by atoms with Crippen LogP contribution in [-0.4, -0.2) is 52.5 Å². The number of thioether (sulfide) groups is 1. The van der Waals surface area contributed by atoms with Crippen molar-refractivity contribution in [3.05, 3.63) is 29.6 Å². The van der Waals surface area contributed by atoms with Crippen LogP contribution < -0.4 is 5.73 Å². The Morgan fingerprint density at radius 2 is 2.38 bits per heavy atom. The van der Waals surface area contributed by atoms with Crippen molar-refractivity contribution < 1.29 is 8.42 Å². The highest BCUT2D eigenvalue weighted by Crippen LogP contribution is 2.23. The molecule has 0 spiro atoms. The Balaban J connectivity index is 2.20. The molecule has 0 amide bonds. The lowest BCUT2D eigenvalue weighted by Gasteiger charge is -2.34. The highest BCUT2D eigenvalue weighted by atomic mass is 32.2. The average molecular weight is 346 g/mol. The Morgan fingerprint density at radius 3 is 3.05 bits per heavy atom. The first-order valence-electron chi connectivity index (χ1n) is 6.72. The molecule has 1 saturated heterocycles. The van der Waals surface area contributed by atoms with Crippen molar-refractivity contribution in [2.45, 2.75) is 18.8 Å². The number of sulfone groups is 1. The van der Waals surface area contributed by atoms with Crippen molar-refractivity contribution >= 4 is 38.8 Å². The number of aromatic nitrogens is 1. The number of nitrogens with zero attached hydrogens (tertiary/aromatic N) is 2. The molecule has 1 aromatic heterocycles. The summed E-state index contributed by atoms with van der Waals surface area (Å²) in [6.07, 6.45) is 1.66. The first-order chi connectivity index (χ1) is 9.94. The summed E-state index contributed by atoms with van der Waals surface area (Å²) in [5.74, 6) is 1.75. The highest BCUT2D eigenvalue weighted by molar-refractivity contribution is 8.01. The number of thiocarbonyl (C=S) groups is 1. The summed E-state index contributed by atoms with van der Waals surface area (Å²) < 4.78 is 24.4. The minimum absolute atomic E-state index is 0.170. The van der Waals surface area contributed by atoms with Crippen LogP contribution in [0, 0.1) is 0 Å². The van der Waals surface area contributed by atoms with Crippen LogP contribution in [0.3, 0.4) is 0 Å². The maximum absolute atomic E-state index is 12.2. The van der Waals surface area contributed by atoms with E-state index in [0.717, 1.165) is 17.9 Å². The van der Waals surface area contributed by atoms with E-state index in [9.17, 15) is 8.42 Å². The monoisotopic (exact) mass is 345 g/mol. The molecule has 1 aliphatic rings. The van der Waals surface area contributed by atoms with Gasteiger partial charge in [-0.25, -0.2) is 8.42 Å². The largest absolute Gasteiger partial charge is 0.388 e. The smallest absolute Gasteiger partial charge is 0.166 e. The molecule has 8 heteroatoms. The quantitative estimate of drug-likeness (QED) is 0.799. The van der Waals surface area contributed by atoms with Gasteiger partial charge in [-0.3, -0.25) is 9.88 Å². The van der Waals surface area contributed by atoms with E-state index in [-0.39, 0.29) is 10.7 Å². The van der Waals surface area contributed by atoms with E-state index in [1.807, 2.05) is 17.0 Å². The minimum atomic E-state index is -3.08. The molecule has 1 unspecified atom stereocenters. The third kappa shape index (κ3) is 4.15. The molecule has 0 radical (unpaired) electrons. The van der Waals surface area contributed by atoms with Gasteiger partial charge in [-0.1, -0.05) is 19.1 Å². The van der Waals surface area contributed by atoms with Crippen LogP contribution in [-0.2, 0) is 16.4 Å². The second-order valence-corrected chi connectivity index (χ2v) is 8.90. The fraction of sp³-hybridized carbons (Fsp3) is 0.538. The van der Waals surface area contributed by atoms with Crippen LogP contribution in [0.5, 0.6) is 0 Å². The predicted molar refractivity (Wildman–Crippen MR) is 91.1 cm³/mol. The van der Waals surface area contributed by atoms with Crippen molar-refractivity contribution in [1.82, 2.24) is 9.88 Å². The van der Waals surface area contributed by atoms with Crippen molar-refractivity contribution in [1.29, 1.82) is 0 Å². The van der Waals surface area contributed by atoms with Crippen molar-refractivity contribution in [3.63, 3.8) is 0 Å². The fourth-order valence-corrected chi connectivity index (χ4v) is 5.45. The third-order valence-electron chi connectivity index (χ3n) is 3.47. The molecule has 2 heterocycles. The summed E-state index contributed by atoms with van der Waals surface area (Å²) in [5, 5.41) is -0.414. The number of hydrogen-bond acceptors (Lipinski definition) is 6. The van der Waals surface area contributed by atoms with Gasteiger partial charge in [0.1, 0.15) is 10.4 Å². The fourth-order valence-electron chi connectivity index (χ4n) is 2.26. The Bertz CT molecular complexity index is 619. The lowest BCUT2D eigenvalue weighted by atomic mass is 10.2. The Morgan fingerprint density at radius 1 is 1.62 bits per heavy atom. The van der Waals surface area contributed by atoms with Crippen LogP contribution >= 0.6 is 24.0 Å².